The van der Waals surface area contributed by atoms with E-state index in [9.17, 15) is 0 Å². The Kier molecular flexibility index (Phi) is 4.94. The maximum absolute atomic E-state index is 6.20. The fourth-order valence-corrected chi connectivity index (χ4v) is 3.74. The van der Waals surface area contributed by atoms with Crippen LogP contribution in [0.1, 0.15) is 24.8 Å². The van der Waals surface area contributed by atoms with E-state index < -0.39 is 0 Å². The van der Waals surface area contributed by atoms with Crippen LogP contribution in [-0.2, 0) is 15.9 Å². The summed E-state index contributed by atoms with van der Waals surface area (Å²) >= 11 is 0. The Bertz CT molecular complexity index is 436. The Morgan fingerprint density at radius 3 is 3.00 bits per heavy atom. The van der Waals surface area contributed by atoms with Crippen molar-refractivity contribution < 1.29 is 9.47 Å². The number of likely N-dealkylation sites (tertiary alicyclic amines) is 1. The first-order valence-electron chi connectivity index (χ1n) is 8.19. The lowest BCUT2D eigenvalue weighted by Gasteiger charge is -2.23. The van der Waals surface area contributed by atoms with Gasteiger partial charge in [0.2, 0.25) is 0 Å². The molecule has 0 saturated carbocycles. The Balaban J connectivity index is 1.45. The van der Waals surface area contributed by atoms with Crippen molar-refractivity contribution in [2.24, 2.45) is 5.92 Å². The maximum Gasteiger partial charge on any atom is 0.0824 e. The van der Waals surface area contributed by atoms with Crippen molar-refractivity contribution in [3.05, 3.63) is 35.9 Å². The van der Waals surface area contributed by atoms with Crippen molar-refractivity contribution in [1.82, 2.24) is 4.90 Å². The van der Waals surface area contributed by atoms with E-state index in [4.69, 9.17) is 9.47 Å². The summed E-state index contributed by atoms with van der Waals surface area (Å²) in [5.74, 6) is 0.694. The summed E-state index contributed by atoms with van der Waals surface area (Å²) in [6.07, 6.45) is 4.70. The molecule has 2 fully saturated rings. The minimum Gasteiger partial charge on any atom is -0.385 e. The van der Waals surface area contributed by atoms with Crippen LogP contribution in [0.4, 0.5) is 0 Å². The molecule has 2 unspecified atom stereocenters. The highest BCUT2D eigenvalue weighted by molar-refractivity contribution is 5.15. The van der Waals surface area contributed by atoms with E-state index in [0.29, 0.717) is 5.92 Å². The first-order chi connectivity index (χ1) is 10.3. The average molecular weight is 289 g/mol. The Hall–Kier alpha value is -0.900. The van der Waals surface area contributed by atoms with Crippen LogP contribution in [0.25, 0.3) is 0 Å². The second-order valence-corrected chi connectivity index (χ2v) is 6.61. The topological polar surface area (TPSA) is 21.7 Å². The normalized spacial score (nSPS) is 29.5. The highest BCUT2D eigenvalue weighted by Crippen LogP contribution is 2.38. The van der Waals surface area contributed by atoms with Gasteiger partial charge in [-0.2, -0.15) is 0 Å². The predicted molar refractivity (Wildman–Crippen MR) is 84.5 cm³/mol. The molecule has 21 heavy (non-hydrogen) atoms. The van der Waals surface area contributed by atoms with E-state index in [1.807, 2.05) is 0 Å². The Morgan fingerprint density at radius 2 is 2.19 bits per heavy atom. The fourth-order valence-electron chi connectivity index (χ4n) is 3.74. The molecule has 0 radical (unpaired) electrons. The fraction of sp³-hybridized carbons (Fsp3) is 0.667. The van der Waals surface area contributed by atoms with Gasteiger partial charge >= 0.3 is 0 Å². The zero-order chi connectivity index (χ0) is 14.5. The van der Waals surface area contributed by atoms with Crippen LogP contribution in [0.2, 0.25) is 0 Å². The van der Waals surface area contributed by atoms with Gasteiger partial charge in [0.15, 0.2) is 0 Å². The summed E-state index contributed by atoms with van der Waals surface area (Å²) in [5.41, 5.74) is 1.58. The summed E-state index contributed by atoms with van der Waals surface area (Å²) < 4.78 is 11.4. The van der Waals surface area contributed by atoms with Crippen LogP contribution in [-0.4, -0.2) is 50.5 Å². The highest BCUT2D eigenvalue weighted by Gasteiger charge is 2.44. The van der Waals surface area contributed by atoms with E-state index >= 15 is 0 Å². The summed E-state index contributed by atoms with van der Waals surface area (Å²) in [4.78, 5) is 2.58. The lowest BCUT2D eigenvalue weighted by atomic mass is 9.92. The van der Waals surface area contributed by atoms with Crippen LogP contribution in [0, 0.1) is 5.92 Å². The van der Waals surface area contributed by atoms with E-state index in [1.54, 1.807) is 7.11 Å². The number of hydrogen-bond donors (Lipinski definition) is 0. The molecule has 0 amide bonds. The molecule has 2 heterocycles. The Morgan fingerprint density at radius 1 is 1.33 bits per heavy atom. The van der Waals surface area contributed by atoms with Gasteiger partial charge in [0, 0.05) is 33.4 Å². The number of methoxy groups -OCH3 is 1. The van der Waals surface area contributed by atoms with Gasteiger partial charge in [0.25, 0.3) is 0 Å². The molecule has 1 aromatic carbocycles. The molecule has 3 heteroatoms. The molecule has 116 valence electrons. The van der Waals surface area contributed by atoms with E-state index in [-0.39, 0.29) is 5.60 Å². The van der Waals surface area contributed by atoms with E-state index in [0.717, 1.165) is 39.1 Å². The molecule has 0 bridgehead atoms. The molecule has 0 N–H and O–H groups in total. The second-order valence-electron chi connectivity index (χ2n) is 6.61. The molecule has 2 aliphatic rings. The van der Waals surface area contributed by atoms with Crippen LogP contribution in [0.3, 0.4) is 0 Å². The molecule has 2 atom stereocenters. The van der Waals surface area contributed by atoms with Crippen molar-refractivity contribution in [2.75, 3.05) is 40.0 Å². The molecule has 0 aliphatic carbocycles. The zero-order valence-corrected chi connectivity index (χ0v) is 13.1. The van der Waals surface area contributed by atoms with E-state index in [2.05, 4.69) is 35.2 Å². The SMILES string of the molecule is COCCC1COC2(CCN(CCc3ccccc3)C2)C1. The largest absolute Gasteiger partial charge is 0.385 e. The van der Waals surface area contributed by atoms with Gasteiger partial charge in [0.05, 0.1) is 12.2 Å². The summed E-state index contributed by atoms with van der Waals surface area (Å²) in [5, 5.41) is 0. The van der Waals surface area contributed by atoms with Crippen LogP contribution < -0.4 is 0 Å². The summed E-state index contributed by atoms with van der Waals surface area (Å²) in [6, 6.07) is 10.8. The van der Waals surface area contributed by atoms with Crippen molar-refractivity contribution in [1.29, 1.82) is 0 Å². The second kappa shape index (κ2) is 6.91. The predicted octanol–water partition coefficient (Wildman–Crippen LogP) is 2.75. The smallest absolute Gasteiger partial charge is 0.0824 e. The maximum atomic E-state index is 6.20. The zero-order valence-electron chi connectivity index (χ0n) is 13.1. The number of hydrogen-bond acceptors (Lipinski definition) is 3. The third-order valence-corrected chi connectivity index (χ3v) is 4.97. The monoisotopic (exact) mass is 289 g/mol. The standard InChI is InChI=1S/C18H27NO2/c1-20-12-8-17-13-18(21-14-17)9-11-19(15-18)10-7-16-5-3-2-4-6-16/h2-6,17H,7-15H2,1H3. The third-order valence-electron chi connectivity index (χ3n) is 4.97. The van der Waals surface area contributed by atoms with Gasteiger partial charge in [-0.25, -0.2) is 0 Å². The highest BCUT2D eigenvalue weighted by atomic mass is 16.5. The Labute approximate surface area is 128 Å². The van der Waals surface area contributed by atoms with Crippen LogP contribution in [0.5, 0.6) is 0 Å². The van der Waals surface area contributed by atoms with Crippen molar-refractivity contribution >= 4 is 0 Å². The average Bonchev–Trinajstić information content (AvgIpc) is 3.11. The van der Waals surface area contributed by atoms with Crippen LogP contribution >= 0.6 is 0 Å². The van der Waals surface area contributed by atoms with Crippen molar-refractivity contribution in [2.45, 2.75) is 31.3 Å². The molecule has 2 saturated heterocycles. The van der Waals surface area contributed by atoms with Crippen LogP contribution in [0.15, 0.2) is 30.3 Å². The number of nitrogens with zero attached hydrogens (tertiary/aromatic N) is 1. The van der Waals surface area contributed by atoms with Gasteiger partial charge in [-0.15, -0.1) is 0 Å². The minimum atomic E-state index is 0.148. The summed E-state index contributed by atoms with van der Waals surface area (Å²) in [6.45, 7) is 5.24. The van der Waals surface area contributed by atoms with Gasteiger partial charge in [-0.05, 0) is 37.2 Å². The molecule has 0 aromatic heterocycles. The number of benzene rings is 1. The lowest BCUT2D eigenvalue weighted by Crippen LogP contribution is -2.33. The van der Waals surface area contributed by atoms with E-state index in [1.165, 1.54) is 24.9 Å². The van der Waals surface area contributed by atoms with Gasteiger partial charge in [0.1, 0.15) is 0 Å². The number of rotatable bonds is 6. The summed E-state index contributed by atoms with van der Waals surface area (Å²) in [7, 11) is 1.78. The minimum absolute atomic E-state index is 0.148. The first-order valence-corrected chi connectivity index (χ1v) is 8.19. The molecule has 3 nitrogen and oxygen atoms in total. The quantitative estimate of drug-likeness (QED) is 0.804. The van der Waals surface area contributed by atoms with Gasteiger partial charge < -0.3 is 14.4 Å². The first kappa shape index (κ1) is 15.0. The number of ether oxygens (including phenoxy) is 2. The van der Waals surface area contributed by atoms with Crippen molar-refractivity contribution in [3.63, 3.8) is 0 Å². The van der Waals surface area contributed by atoms with Crippen molar-refractivity contribution in [3.8, 4) is 0 Å². The molecule has 1 aromatic rings. The lowest BCUT2D eigenvalue weighted by molar-refractivity contribution is 0.0114. The molecule has 3 rings (SSSR count). The third kappa shape index (κ3) is 3.85. The van der Waals surface area contributed by atoms with Gasteiger partial charge in [-0.3, -0.25) is 0 Å². The van der Waals surface area contributed by atoms with Gasteiger partial charge in [-0.1, -0.05) is 30.3 Å². The molecule has 1 spiro atoms. The molecular weight excluding hydrogens is 262 g/mol. The molecule has 2 aliphatic heterocycles. The molecular formula is C18H27NO2.